The average molecular weight is 292 g/mol. The zero-order valence-corrected chi connectivity index (χ0v) is 13.7. The summed E-state index contributed by atoms with van der Waals surface area (Å²) in [6, 6.07) is 17.7. The first-order valence-corrected chi connectivity index (χ1v) is 8.01. The van der Waals surface area contributed by atoms with Gasteiger partial charge >= 0.3 is 0 Å². The second kappa shape index (κ2) is 6.27. The van der Waals surface area contributed by atoms with E-state index in [0.717, 1.165) is 13.0 Å². The Morgan fingerprint density at radius 1 is 0.909 bits per heavy atom. The van der Waals surface area contributed by atoms with Crippen LogP contribution in [0.25, 0.3) is 12.2 Å². The number of fused-ring (bicyclic) bond motifs is 1. The molecule has 1 atom stereocenters. The first-order chi connectivity index (χ1) is 10.7. The van der Waals surface area contributed by atoms with Crippen molar-refractivity contribution in [3.63, 3.8) is 0 Å². The average Bonchev–Trinajstić information content (AvgIpc) is 2.60. The molecule has 2 aromatic carbocycles. The smallest absolute Gasteiger partial charge is 0.0606 e. The predicted octanol–water partition coefficient (Wildman–Crippen LogP) is 2.61. The second-order valence-corrected chi connectivity index (χ2v) is 5.92. The zero-order chi connectivity index (χ0) is 15.5. The van der Waals surface area contributed by atoms with Gasteiger partial charge in [0.05, 0.1) is 17.4 Å². The highest BCUT2D eigenvalue weighted by Crippen LogP contribution is 2.30. The highest BCUT2D eigenvalue weighted by molar-refractivity contribution is 5.72. The van der Waals surface area contributed by atoms with E-state index in [4.69, 9.17) is 0 Å². The molecule has 2 heteroatoms. The molecule has 0 amide bonds. The quantitative estimate of drug-likeness (QED) is 0.855. The van der Waals surface area contributed by atoms with Crippen LogP contribution in [0.3, 0.4) is 0 Å². The molecule has 1 aliphatic carbocycles. The largest absolute Gasteiger partial charge is 0.373 e. The van der Waals surface area contributed by atoms with Crippen LogP contribution in [0.1, 0.15) is 13.3 Å². The van der Waals surface area contributed by atoms with Crippen molar-refractivity contribution in [1.29, 1.82) is 0 Å². The molecular formula is C20H24N2. The lowest BCUT2D eigenvalue weighted by Crippen LogP contribution is -2.38. The molecule has 114 valence electrons. The molecule has 0 bridgehead atoms. The fraction of sp³-hybridized carbons (Fsp3) is 0.300. The van der Waals surface area contributed by atoms with E-state index in [1.807, 2.05) is 0 Å². The number of nitrogens with zero attached hydrogens (tertiary/aromatic N) is 2. The molecule has 0 aliphatic heterocycles. The van der Waals surface area contributed by atoms with E-state index in [9.17, 15) is 0 Å². The maximum atomic E-state index is 2.40. The van der Waals surface area contributed by atoms with Gasteiger partial charge in [0.25, 0.3) is 0 Å². The minimum atomic E-state index is 0.404. The third kappa shape index (κ3) is 2.74. The first-order valence-electron chi connectivity index (χ1n) is 8.01. The van der Waals surface area contributed by atoms with E-state index >= 15 is 0 Å². The lowest BCUT2D eigenvalue weighted by atomic mass is 10.0. The summed E-state index contributed by atoms with van der Waals surface area (Å²) in [5, 5.41) is 2.69. The highest BCUT2D eigenvalue weighted by atomic mass is 15.2. The van der Waals surface area contributed by atoms with Crippen LogP contribution in [-0.2, 0) is 0 Å². The van der Waals surface area contributed by atoms with E-state index in [1.54, 1.807) is 0 Å². The van der Waals surface area contributed by atoms with Gasteiger partial charge in [-0.15, -0.1) is 0 Å². The SMILES string of the molecule is CCN(C)c1ccccc1N(C)C1C=c2ccccc2=CC1. The Morgan fingerprint density at radius 2 is 1.55 bits per heavy atom. The summed E-state index contributed by atoms with van der Waals surface area (Å²) < 4.78 is 0. The van der Waals surface area contributed by atoms with Crippen LogP contribution in [-0.4, -0.2) is 26.7 Å². The molecule has 3 rings (SSSR count). The zero-order valence-electron chi connectivity index (χ0n) is 13.7. The molecule has 2 nitrogen and oxygen atoms in total. The van der Waals surface area contributed by atoms with Crippen molar-refractivity contribution in [3.05, 3.63) is 59.0 Å². The fourth-order valence-corrected chi connectivity index (χ4v) is 3.08. The Balaban J connectivity index is 1.96. The van der Waals surface area contributed by atoms with Crippen LogP contribution in [0.4, 0.5) is 11.4 Å². The predicted molar refractivity (Wildman–Crippen MR) is 96.8 cm³/mol. The Kier molecular flexibility index (Phi) is 4.19. The van der Waals surface area contributed by atoms with Crippen molar-refractivity contribution >= 4 is 23.5 Å². The number of anilines is 2. The van der Waals surface area contributed by atoms with Gasteiger partial charge in [-0.3, -0.25) is 0 Å². The summed E-state index contributed by atoms with van der Waals surface area (Å²) in [6.07, 6.45) is 5.79. The van der Waals surface area contributed by atoms with Crippen molar-refractivity contribution in [1.82, 2.24) is 0 Å². The molecule has 1 aliphatic rings. The third-order valence-electron chi connectivity index (χ3n) is 4.59. The molecule has 0 saturated carbocycles. The van der Waals surface area contributed by atoms with Crippen LogP contribution in [0.15, 0.2) is 48.5 Å². The summed E-state index contributed by atoms with van der Waals surface area (Å²) in [5.41, 5.74) is 2.58. The molecule has 22 heavy (non-hydrogen) atoms. The summed E-state index contributed by atoms with van der Waals surface area (Å²) in [6.45, 7) is 3.20. The molecule has 0 radical (unpaired) electrons. The van der Waals surface area contributed by atoms with Crippen molar-refractivity contribution in [2.24, 2.45) is 0 Å². The summed E-state index contributed by atoms with van der Waals surface area (Å²) in [5.74, 6) is 0. The Bertz CT molecular complexity index is 763. The van der Waals surface area contributed by atoms with Crippen LogP contribution in [0.2, 0.25) is 0 Å². The lowest BCUT2D eigenvalue weighted by Gasteiger charge is -2.32. The second-order valence-electron chi connectivity index (χ2n) is 5.92. The van der Waals surface area contributed by atoms with E-state index in [-0.39, 0.29) is 0 Å². The van der Waals surface area contributed by atoms with Gasteiger partial charge in [0.15, 0.2) is 0 Å². The maximum Gasteiger partial charge on any atom is 0.0606 e. The highest BCUT2D eigenvalue weighted by Gasteiger charge is 2.17. The Labute approximate surface area is 133 Å². The maximum absolute atomic E-state index is 2.40. The first kappa shape index (κ1) is 14.7. The van der Waals surface area contributed by atoms with Crippen LogP contribution >= 0.6 is 0 Å². The van der Waals surface area contributed by atoms with E-state index in [1.165, 1.54) is 21.8 Å². The van der Waals surface area contributed by atoms with Gasteiger partial charge in [0, 0.05) is 20.6 Å². The van der Waals surface area contributed by atoms with Gasteiger partial charge in [-0.05, 0) is 35.9 Å². The Hall–Kier alpha value is -2.22. The van der Waals surface area contributed by atoms with Gasteiger partial charge in [-0.2, -0.15) is 0 Å². The van der Waals surface area contributed by atoms with Crippen molar-refractivity contribution < 1.29 is 0 Å². The van der Waals surface area contributed by atoms with E-state index in [2.05, 4.69) is 91.5 Å². The van der Waals surface area contributed by atoms with E-state index in [0.29, 0.717) is 6.04 Å². The van der Waals surface area contributed by atoms with Crippen molar-refractivity contribution in [2.45, 2.75) is 19.4 Å². The van der Waals surface area contributed by atoms with Crippen LogP contribution in [0.5, 0.6) is 0 Å². The monoisotopic (exact) mass is 292 g/mol. The number of rotatable bonds is 4. The number of para-hydroxylation sites is 2. The molecule has 0 saturated heterocycles. The van der Waals surface area contributed by atoms with Crippen LogP contribution in [0, 0.1) is 0 Å². The van der Waals surface area contributed by atoms with Gasteiger partial charge < -0.3 is 9.80 Å². The molecule has 0 spiro atoms. The molecule has 0 aromatic heterocycles. The van der Waals surface area contributed by atoms with Gasteiger partial charge in [0.1, 0.15) is 0 Å². The van der Waals surface area contributed by atoms with Crippen LogP contribution < -0.4 is 20.2 Å². The van der Waals surface area contributed by atoms with Crippen molar-refractivity contribution in [2.75, 3.05) is 30.4 Å². The van der Waals surface area contributed by atoms with Gasteiger partial charge in [-0.1, -0.05) is 48.6 Å². The summed E-state index contributed by atoms with van der Waals surface area (Å²) >= 11 is 0. The molecule has 1 unspecified atom stereocenters. The molecule has 0 heterocycles. The minimum Gasteiger partial charge on any atom is -0.373 e. The van der Waals surface area contributed by atoms with Gasteiger partial charge in [0.2, 0.25) is 0 Å². The Morgan fingerprint density at radius 3 is 2.27 bits per heavy atom. The summed E-state index contributed by atoms with van der Waals surface area (Å²) in [4.78, 5) is 4.69. The molecule has 0 N–H and O–H groups in total. The fourth-order valence-electron chi connectivity index (χ4n) is 3.08. The summed E-state index contributed by atoms with van der Waals surface area (Å²) in [7, 11) is 4.35. The standard InChI is InChI=1S/C20H24N2/c1-4-21(2)19-11-7-8-12-20(19)22(3)18-14-13-16-9-5-6-10-17(16)15-18/h5-13,15,18H,4,14H2,1-3H3. The topological polar surface area (TPSA) is 6.48 Å². The minimum absolute atomic E-state index is 0.404. The normalized spacial score (nSPS) is 16.2. The molecular weight excluding hydrogens is 268 g/mol. The van der Waals surface area contributed by atoms with Crippen molar-refractivity contribution in [3.8, 4) is 0 Å². The number of hydrogen-bond donors (Lipinski definition) is 0. The van der Waals surface area contributed by atoms with Gasteiger partial charge in [-0.25, -0.2) is 0 Å². The number of benzene rings is 2. The lowest BCUT2D eigenvalue weighted by molar-refractivity contribution is 0.797. The third-order valence-corrected chi connectivity index (χ3v) is 4.59. The molecule has 2 aromatic rings. The molecule has 0 fully saturated rings. The van der Waals surface area contributed by atoms with E-state index < -0.39 is 0 Å². The number of hydrogen-bond acceptors (Lipinski definition) is 2.